The minimum absolute atomic E-state index is 0.0517. The van der Waals surface area contributed by atoms with E-state index in [4.69, 9.17) is 17.2 Å². The molecule has 2 rings (SSSR count). The van der Waals surface area contributed by atoms with Gasteiger partial charge in [0.05, 0.1) is 31.4 Å². The summed E-state index contributed by atoms with van der Waals surface area (Å²) in [6.45, 7) is 8.93. The van der Waals surface area contributed by atoms with Gasteiger partial charge < -0.3 is 80.2 Å². The number of aliphatic carboxylic acids is 1. The summed E-state index contributed by atoms with van der Waals surface area (Å²) in [5.74, 6) is -10.3. The second kappa shape index (κ2) is 34.6. The van der Waals surface area contributed by atoms with Gasteiger partial charge in [0.2, 0.25) is 59.1 Å². The number of benzene rings is 1. The van der Waals surface area contributed by atoms with Crippen molar-refractivity contribution in [3.05, 3.63) is 54.1 Å². The monoisotopic (exact) mass is 1120 g/mol. The van der Waals surface area contributed by atoms with Crippen molar-refractivity contribution in [2.75, 3.05) is 25.1 Å². The number of aliphatic hydroxyl groups excluding tert-OH is 1. The number of primary amides is 1. The number of rotatable bonds is 36. The first-order valence-electron chi connectivity index (χ1n) is 25.6. The molecule has 1 heterocycles. The number of hydrogen-bond donors (Lipinski definition) is 15. The Hall–Kier alpha value is -7.17. The number of carboxylic acid groups (broad SMARTS) is 1. The van der Waals surface area contributed by atoms with Crippen LogP contribution in [-0.2, 0) is 65.6 Å². The molecular formula is C50H80N14O13S. The maximum Gasteiger partial charge on any atom is 0.305 e. The van der Waals surface area contributed by atoms with E-state index in [9.17, 15) is 63.0 Å². The number of unbranched alkanes of at least 4 members (excludes halogenated alkanes) is 1. The number of carboxylic acids is 1. The highest BCUT2D eigenvalue weighted by atomic mass is 32.2. The Labute approximate surface area is 457 Å². The van der Waals surface area contributed by atoms with Crippen LogP contribution in [0.25, 0.3) is 0 Å². The molecule has 0 aliphatic carbocycles. The number of aliphatic hydroxyl groups is 1. The van der Waals surface area contributed by atoms with Crippen LogP contribution in [0, 0.1) is 11.8 Å². The van der Waals surface area contributed by atoms with Gasteiger partial charge in [0.15, 0.2) is 0 Å². The van der Waals surface area contributed by atoms with Crippen molar-refractivity contribution in [3.63, 3.8) is 0 Å². The van der Waals surface area contributed by atoms with Gasteiger partial charge in [-0.15, -0.1) is 0 Å². The molecule has 0 fully saturated rings. The second-order valence-electron chi connectivity index (χ2n) is 19.5. The van der Waals surface area contributed by atoms with Crippen LogP contribution >= 0.6 is 11.8 Å². The van der Waals surface area contributed by atoms with E-state index < -0.39 is 144 Å². The molecule has 0 bridgehead atoms. The molecule has 2 aromatic rings. The molecule has 0 saturated carbocycles. The van der Waals surface area contributed by atoms with Crippen LogP contribution in [0.2, 0.25) is 0 Å². The Morgan fingerprint density at radius 2 is 1.24 bits per heavy atom. The minimum atomic E-state index is -1.89. The first-order chi connectivity index (χ1) is 36.8. The molecule has 0 saturated heterocycles. The third-order valence-electron chi connectivity index (χ3n) is 12.0. The van der Waals surface area contributed by atoms with Crippen molar-refractivity contribution in [2.45, 2.75) is 153 Å². The molecule has 0 radical (unpaired) electrons. The molecule has 27 nitrogen and oxygen atoms in total. The summed E-state index contributed by atoms with van der Waals surface area (Å²) in [4.78, 5) is 152. The Morgan fingerprint density at radius 3 is 1.81 bits per heavy atom. The highest BCUT2D eigenvalue weighted by Gasteiger charge is 2.36. The fourth-order valence-electron chi connectivity index (χ4n) is 7.61. The van der Waals surface area contributed by atoms with Crippen molar-refractivity contribution in [1.29, 1.82) is 0 Å². The summed E-state index contributed by atoms with van der Waals surface area (Å²) < 4.78 is 0. The lowest BCUT2D eigenvalue weighted by molar-refractivity contribution is -0.142. The Bertz CT molecular complexity index is 2310. The van der Waals surface area contributed by atoms with Crippen LogP contribution in [0.1, 0.15) is 91.3 Å². The van der Waals surface area contributed by atoms with Gasteiger partial charge in [-0.1, -0.05) is 58.0 Å². The van der Waals surface area contributed by atoms with Gasteiger partial charge in [-0.3, -0.25) is 52.7 Å². The van der Waals surface area contributed by atoms with Crippen LogP contribution in [0.15, 0.2) is 42.9 Å². The van der Waals surface area contributed by atoms with Gasteiger partial charge in [0, 0.05) is 24.7 Å². The zero-order valence-electron chi connectivity index (χ0n) is 45.2. The molecule has 18 N–H and O–H groups in total. The number of H-pyrrole nitrogens is 1. The number of hydrogen-bond acceptors (Lipinski definition) is 16. The van der Waals surface area contributed by atoms with Crippen LogP contribution in [0.4, 0.5) is 0 Å². The van der Waals surface area contributed by atoms with E-state index in [1.54, 1.807) is 44.2 Å². The lowest BCUT2D eigenvalue weighted by Gasteiger charge is -2.28. The zero-order valence-corrected chi connectivity index (χ0v) is 46.0. The molecule has 434 valence electrons. The van der Waals surface area contributed by atoms with Crippen molar-refractivity contribution in [3.8, 4) is 0 Å². The first-order valence-corrected chi connectivity index (χ1v) is 27.0. The molecule has 28 heteroatoms. The number of imidazole rings is 1. The van der Waals surface area contributed by atoms with E-state index in [1.165, 1.54) is 31.2 Å². The predicted molar refractivity (Wildman–Crippen MR) is 288 cm³/mol. The molecular weight excluding hydrogens is 1040 g/mol. The molecule has 0 aliphatic rings. The van der Waals surface area contributed by atoms with Crippen molar-refractivity contribution in [2.24, 2.45) is 29.0 Å². The number of thioether (sulfide) groups is 1. The van der Waals surface area contributed by atoms with Gasteiger partial charge in [-0.2, -0.15) is 11.8 Å². The molecule has 10 atom stereocenters. The second-order valence-corrected chi connectivity index (χ2v) is 20.5. The lowest BCUT2D eigenvalue weighted by atomic mass is 10.0. The standard InChI is InChI=1S/C50H80N14O13S/c1-26(2)19-35(47(74)59-33(42(53)69)16-18-78-7)58-38(66)24-55-49(76)40(27(3)4)63-48(75)36(20-30-13-9-8-10-14-30)61-43(70)28(5)57-46(73)37(22-39(67)68)62-50(77)41(29(6)65)64-45(72)34(15-11-12-17-51)60-44(71)32(52)21-31-23-54-25-56-31/h8-10,13-14,23,25-29,32-37,40-41,65H,11-12,15-22,24,51-52H2,1-7H3,(H2,53,69)(H,54,56)(H,55,76)(H,57,73)(H,58,66)(H,59,74)(H,60,71)(H,61,70)(H,62,77)(H,63,75)(H,64,72)(H,67,68)/t28-,29+,32-,33-,34-,35-,36-,37-,40-,41-/m0/s1. The van der Waals surface area contributed by atoms with Gasteiger partial charge >= 0.3 is 5.97 Å². The summed E-state index contributed by atoms with van der Waals surface area (Å²) >= 11 is 1.46. The number of aromatic nitrogens is 2. The normalized spacial score (nSPS) is 15.0. The Balaban J connectivity index is 2.23. The highest BCUT2D eigenvalue weighted by Crippen LogP contribution is 2.11. The number of nitrogens with one attached hydrogen (secondary N) is 10. The van der Waals surface area contributed by atoms with Crippen LogP contribution in [-0.4, -0.2) is 171 Å². The average molecular weight is 1120 g/mol. The lowest BCUT2D eigenvalue weighted by Crippen LogP contribution is -2.61. The Morgan fingerprint density at radius 1 is 0.654 bits per heavy atom. The van der Waals surface area contributed by atoms with Crippen molar-refractivity contribution in [1.82, 2.24) is 57.8 Å². The van der Waals surface area contributed by atoms with E-state index >= 15 is 0 Å². The average Bonchev–Trinajstić information content (AvgIpc) is 3.89. The number of carbonyl (C=O) groups excluding carboxylic acids is 10. The van der Waals surface area contributed by atoms with E-state index in [0.717, 1.165) is 6.92 Å². The largest absolute Gasteiger partial charge is 0.481 e. The summed E-state index contributed by atoms with van der Waals surface area (Å²) in [6.07, 6.45) is 3.33. The molecule has 1 aromatic carbocycles. The van der Waals surface area contributed by atoms with Gasteiger partial charge in [0.1, 0.15) is 48.3 Å². The molecule has 0 spiro atoms. The zero-order chi connectivity index (χ0) is 58.6. The van der Waals surface area contributed by atoms with Crippen LogP contribution < -0.4 is 65.1 Å². The van der Waals surface area contributed by atoms with Gasteiger partial charge in [-0.25, -0.2) is 4.98 Å². The minimum Gasteiger partial charge on any atom is -0.481 e. The number of amides is 10. The first kappa shape index (κ1) is 66.9. The summed E-state index contributed by atoms with van der Waals surface area (Å²) in [7, 11) is 0. The molecule has 0 aliphatic heterocycles. The number of carbonyl (C=O) groups is 11. The van der Waals surface area contributed by atoms with E-state index in [0.29, 0.717) is 29.9 Å². The topological polar surface area (TPSA) is 443 Å². The van der Waals surface area contributed by atoms with E-state index in [-0.39, 0.29) is 44.6 Å². The molecule has 1 aromatic heterocycles. The summed E-state index contributed by atoms with van der Waals surface area (Å²) in [5.41, 5.74) is 18.3. The third kappa shape index (κ3) is 24.4. The SMILES string of the molecule is CSCC[C@H](NC(=O)[C@H](CC(C)C)NC(=O)CNC(=O)[C@@H](NC(=O)[C@H](Cc1ccccc1)NC(=O)[C@H](C)NC(=O)[C@H](CC(=O)O)NC(=O)[C@@H](NC(=O)[C@H](CCCCN)NC(=O)[C@@H](N)Cc1cnc[nH]1)[C@@H](C)O)C(C)C)C(N)=O. The van der Waals surface area contributed by atoms with E-state index in [1.807, 2.05) is 20.1 Å². The van der Waals surface area contributed by atoms with Crippen LogP contribution in [0.3, 0.4) is 0 Å². The van der Waals surface area contributed by atoms with Crippen LogP contribution in [0.5, 0.6) is 0 Å². The maximum absolute atomic E-state index is 14.1. The quantitative estimate of drug-likeness (QED) is 0.0294. The van der Waals surface area contributed by atoms with Crippen molar-refractivity contribution >= 4 is 76.8 Å². The predicted octanol–water partition coefficient (Wildman–Crippen LogP) is -3.54. The number of nitrogens with two attached hydrogens (primary N) is 3. The fraction of sp³-hybridized carbons (Fsp3) is 0.600. The summed E-state index contributed by atoms with van der Waals surface area (Å²) in [5, 5.41) is 42.6. The third-order valence-corrected chi connectivity index (χ3v) is 12.6. The maximum atomic E-state index is 14.1. The fourth-order valence-corrected chi connectivity index (χ4v) is 8.09. The highest BCUT2D eigenvalue weighted by molar-refractivity contribution is 7.98. The number of nitrogens with zero attached hydrogens (tertiary/aromatic N) is 1. The smallest absolute Gasteiger partial charge is 0.305 e. The Kier molecular flexibility index (Phi) is 29.7. The molecule has 0 unspecified atom stereocenters. The van der Waals surface area contributed by atoms with E-state index in [2.05, 4.69) is 57.8 Å². The molecule has 10 amide bonds. The molecule has 78 heavy (non-hydrogen) atoms. The number of aromatic amines is 1. The van der Waals surface area contributed by atoms with Crippen molar-refractivity contribution < 1.29 is 63.0 Å². The van der Waals surface area contributed by atoms with Gasteiger partial charge in [0.25, 0.3) is 0 Å². The van der Waals surface area contributed by atoms with Gasteiger partial charge in [-0.05, 0) is 81.9 Å². The summed E-state index contributed by atoms with van der Waals surface area (Å²) in [6, 6.07) is -3.81.